The zero-order valence-corrected chi connectivity index (χ0v) is 11.9. The maximum Gasteiger partial charge on any atom is 0.127 e. The van der Waals surface area contributed by atoms with Crippen molar-refractivity contribution in [3.05, 3.63) is 29.0 Å². The van der Waals surface area contributed by atoms with E-state index in [0.717, 1.165) is 34.3 Å². The van der Waals surface area contributed by atoms with E-state index in [-0.39, 0.29) is 5.38 Å². The van der Waals surface area contributed by atoms with Gasteiger partial charge in [-0.05, 0) is 37.5 Å². The molecule has 0 spiro atoms. The van der Waals surface area contributed by atoms with Gasteiger partial charge in [-0.25, -0.2) is 4.98 Å². The number of nitrogens with zero attached hydrogens (tertiary/aromatic N) is 2. The number of alkyl halides is 1. The van der Waals surface area contributed by atoms with Gasteiger partial charge in [0.15, 0.2) is 0 Å². The van der Waals surface area contributed by atoms with Crippen LogP contribution in [0, 0.1) is 5.92 Å². The fourth-order valence-electron chi connectivity index (χ4n) is 2.38. The third-order valence-electron chi connectivity index (χ3n) is 3.55. The van der Waals surface area contributed by atoms with Gasteiger partial charge in [-0.3, -0.25) is 0 Å². The molecule has 1 aliphatic carbocycles. The zero-order valence-electron chi connectivity index (χ0n) is 10.4. The van der Waals surface area contributed by atoms with Crippen LogP contribution in [0.1, 0.15) is 37.4 Å². The highest BCUT2D eigenvalue weighted by Gasteiger charge is 2.22. The van der Waals surface area contributed by atoms with E-state index in [2.05, 4.69) is 9.55 Å². The minimum absolute atomic E-state index is 0.0737. The van der Waals surface area contributed by atoms with Gasteiger partial charge in [-0.2, -0.15) is 0 Å². The first-order chi connectivity index (χ1) is 8.65. The zero-order chi connectivity index (χ0) is 12.7. The van der Waals surface area contributed by atoms with Crippen LogP contribution in [0.25, 0.3) is 11.0 Å². The molecule has 0 N–H and O–H groups in total. The van der Waals surface area contributed by atoms with Crippen molar-refractivity contribution >= 4 is 34.2 Å². The van der Waals surface area contributed by atoms with Crippen LogP contribution in [-0.2, 0) is 6.54 Å². The minimum Gasteiger partial charge on any atom is -0.327 e. The molecule has 1 unspecified atom stereocenters. The summed E-state index contributed by atoms with van der Waals surface area (Å²) >= 11 is 12.2. The van der Waals surface area contributed by atoms with Gasteiger partial charge in [0.1, 0.15) is 5.82 Å². The van der Waals surface area contributed by atoms with E-state index in [0.29, 0.717) is 0 Å². The molecule has 0 aliphatic heterocycles. The lowest BCUT2D eigenvalue weighted by Gasteiger charge is -2.10. The Morgan fingerprint density at radius 1 is 1.44 bits per heavy atom. The smallest absolute Gasteiger partial charge is 0.127 e. The lowest BCUT2D eigenvalue weighted by atomic mass is 10.2. The molecule has 1 fully saturated rings. The molecule has 0 bridgehead atoms. The van der Waals surface area contributed by atoms with Gasteiger partial charge in [0.2, 0.25) is 0 Å². The summed E-state index contributed by atoms with van der Waals surface area (Å²) in [6.45, 7) is 2.98. The fourth-order valence-corrected chi connectivity index (χ4v) is 2.71. The molecule has 1 aromatic carbocycles. The number of fused-ring (bicyclic) bond motifs is 1. The van der Waals surface area contributed by atoms with Crippen molar-refractivity contribution in [1.29, 1.82) is 0 Å². The highest BCUT2D eigenvalue weighted by atomic mass is 35.5. The van der Waals surface area contributed by atoms with E-state index in [9.17, 15) is 0 Å². The Kier molecular flexibility index (Phi) is 3.25. The summed E-state index contributed by atoms with van der Waals surface area (Å²) in [5.74, 6) is 1.86. The molecule has 96 valence electrons. The lowest BCUT2D eigenvalue weighted by molar-refractivity contribution is 0.585. The third-order valence-corrected chi connectivity index (χ3v) is 3.98. The van der Waals surface area contributed by atoms with E-state index in [1.807, 2.05) is 25.1 Å². The Morgan fingerprint density at radius 3 is 2.89 bits per heavy atom. The predicted molar refractivity (Wildman–Crippen MR) is 76.4 cm³/mol. The predicted octanol–water partition coefficient (Wildman–Crippen LogP) is 4.79. The van der Waals surface area contributed by atoms with Crippen LogP contribution in [0.2, 0.25) is 5.02 Å². The first kappa shape index (κ1) is 12.3. The number of rotatable bonds is 4. The molecule has 18 heavy (non-hydrogen) atoms. The average Bonchev–Trinajstić information content (AvgIpc) is 3.07. The van der Waals surface area contributed by atoms with Crippen LogP contribution < -0.4 is 0 Å². The van der Waals surface area contributed by atoms with E-state index in [1.165, 1.54) is 19.3 Å². The molecule has 1 aromatic heterocycles. The average molecular weight is 283 g/mol. The van der Waals surface area contributed by atoms with Crippen molar-refractivity contribution in [2.24, 2.45) is 5.92 Å². The summed E-state index contributed by atoms with van der Waals surface area (Å²) in [5, 5.41) is 0.651. The summed E-state index contributed by atoms with van der Waals surface area (Å²) < 4.78 is 2.25. The van der Waals surface area contributed by atoms with Crippen molar-refractivity contribution in [2.75, 3.05) is 0 Å². The number of imidazole rings is 1. The maximum atomic E-state index is 6.23. The van der Waals surface area contributed by atoms with Crippen molar-refractivity contribution in [2.45, 2.75) is 38.1 Å². The molecule has 1 heterocycles. The molecular weight excluding hydrogens is 267 g/mol. The molecule has 2 aromatic rings. The van der Waals surface area contributed by atoms with Crippen LogP contribution in [0.3, 0.4) is 0 Å². The number of hydrogen-bond donors (Lipinski definition) is 0. The number of aryl methyl sites for hydroxylation is 1. The second-order valence-electron chi connectivity index (χ2n) is 5.10. The molecule has 1 atom stereocenters. The summed E-state index contributed by atoms with van der Waals surface area (Å²) in [4.78, 5) is 4.62. The molecule has 3 rings (SSSR count). The summed E-state index contributed by atoms with van der Waals surface area (Å²) in [6.07, 6.45) is 3.99. The second kappa shape index (κ2) is 4.75. The number of aromatic nitrogens is 2. The van der Waals surface area contributed by atoms with Gasteiger partial charge in [-0.15, -0.1) is 11.6 Å². The largest absolute Gasteiger partial charge is 0.327 e. The number of halogens is 2. The summed E-state index contributed by atoms with van der Waals surface area (Å²) in [7, 11) is 0. The Labute approximate surface area is 117 Å². The van der Waals surface area contributed by atoms with Crippen LogP contribution in [0.5, 0.6) is 0 Å². The van der Waals surface area contributed by atoms with Gasteiger partial charge in [0, 0.05) is 11.6 Å². The van der Waals surface area contributed by atoms with Crippen LogP contribution >= 0.6 is 23.2 Å². The van der Waals surface area contributed by atoms with Crippen LogP contribution in [-0.4, -0.2) is 9.55 Å². The van der Waals surface area contributed by atoms with E-state index < -0.39 is 0 Å². The Morgan fingerprint density at radius 2 is 2.22 bits per heavy atom. The van der Waals surface area contributed by atoms with Crippen molar-refractivity contribution in [1.82, 2.24) is 9.55 Å². The summed E-state index contributed by atoms with van der Waals surface area (Å²) in [5.41, 5.74) is 2.09. The van der Waals surface area contributed by atoms with Crippen LogP contribution in [0.4, 0.5) is 0 Å². The quantitative estimate of drug-likeness (QED) is 0.738. The molecular formula is C14H16Cl2N2. The molecule has 0 saturated heterocycles. The van der Waals surface area contributed by atoms with Gasteiger partial charge in [0.25, 0.3) is 0 Å². The molecule has 4 heteroatoms. The second-order valence-corrected chi connectivity index (χ2v) is 6.19. The van der Waals surface area contributed by atoms with E-state index in [4.69, 9.17) is 23.2 Å². The third kappa shape index (κ3) is 2.36. The van der Waals surface area contributed by atoms with Crippen LogP contribution in [0.15, 0.2) is 18.2 Å². The molecule has 0 amide bonds. The topological polar surface area (TPSA) is 17.8 Å². The minimum atomic E-state index is -0.0737. The standard InChI is InChI=1S/C14H16Cl2N2/c1-9(15)14-17-12-8-11(16)4-5-13(12)18(14)7-6-10-2-3-10/h4-5,8-10H,2-3,6-7H2,1H3. The normalized spacial score (nSPS) is 17.3. The summed E-state index contributed by atoms with van der Waals surface area (Å²) in [6, 6.07) is 5.87. The van der Waals surface area contributed by atoms with Crippen molar-refractivity contribution < 1.29 is 0 Å². The first-order valence-electron chi connectivity index (χ1n) is 6.45. The highest BCUT2D eigenvalue weighted by Crippen LogP contribution is 2.34. The van der Waals surface area contributed by atoms with Gasteiger partial charge in [-0.1, -0.05) is 24.4 Å². The maximum absolute atomic E-state index is 6.23. The lowest BCUT2D eigenvalue weighted by Crippen LogP contribution is -2.05. The SMILES string of the molecule is CC(Cl)c1nc2cc(Cl)ccc2n1CCC1CC1. The number of hydrogen-bond acceptors (Lipinski definition) is 1. The van der Waals surface area contributed by atoms with E-state index in [1.54, 1.807) is 0 Å². The molecule has 1 saturated carbocycles. The molecule has 2 nitrogen and oxygen atoms in total. The highest BCUT2D eigenvalue weighted by molar-refractivity contribution is 6.31. The Hall–Kier alpha value is -0.730. The first-order valence-corrected chi connectivity index (χ1v) is 7.26. The fraction of sp³-hybridized carbons (Fsp3) is 0.500. The van der Waals surface area contributed by atoms with Gasteiger partial charge < -0.3 is 4.57 Å². The molecule has 1 aliphatic rings. The number of benzene rings is 1. The van der Waals surface area contributed by atoms with Gasteiger partial charge in [0.05, 0.1) is 16.4 Å². The molecule has 0 radical (unpaired) electrons. The monoisotopic (exact) mass is 282 g/mol. The van der Waals surface area contributed by atoms with E-state index >= 15 is 0 Å². The van der Waals surface area contributed by atoms with Crippen molar-refractivity contribution in [3.8, 4) is 0 Å². The van der Waals surface area contributed by atoms with Crippen molar-refractivity contribution in [3.63, 3.8) is 0 Å². The van der Waals surface area contributed by atoms with Gasteiger partial charge >= 0.3 is 0 Å². The Bertz CT molecular complexity index is 570. The Balaban J connectivity index is 2.02.